The van der Waals surface area contributed by atoms with E-state index in [0.717, 1.165) is 33.3 Å². The highest BCUT2D eigenvalue weighted by Gasteiger charge is 2.48. The van der Waals surface area contributed by atoms with Gasteiger partial charge >= 0.3 is 5.97 Å². The van der Waals surface area contributed by atoms with Crippen molar-refractivity contribution in [2.24, 2.45) is 0 Å². The zero-order valence-corrected chi connectivity index (χ0v) is 20.9. The third kappa shape index (κ3) is 3.96. The Morgan fingerprint density at radius 3 is 2.49 bits per heavy atom. The van der Waals surface area contributed by atoms with Crippen LogP contribution in [0.2, 0.25) is 5.02 Å². The number of para-hydroxylation sites is 1. The molecule has 37 heavy (non-hydrogen) atoms. The van der Waals surface area contributed by atoms with Gasteiger partial charge in [0.05, 0.1) is 18.7 Å². The fourth-order valence-electron chi connectivity index (χ4n) is 5.53. The third-order valence-electron chi connectivity index (χ3n) is 7.28. The predicted octanol–water partition coefficient (Wildman–Crippen LogP) is 4.49. The number of aromatic amines is 1. The van der Waals surface area contributed by atoms with Crippen molar-refractivity contribution in [3.05, 3.63) is 106 Å². The molecule has 0 saturated carbocycles. The van der Waals surface area contributed by atoms with Gasteiger partial charge in [-0.05, 0) is 47.0 Å². The smallest absolute Gasteiger partial charge is 0.337 e. The molecule has 8 heteroatoms. The number of halogens is 1. The van der Waals surface area contributed by atoms with Crippen LogP contribution in [0.15, 0.2) is 72.8 Å². The number of carbonyl (C=O) groups excluding carboxylic acids is 3. The Balaban J connectivity index is 1.42. The normalized spacial score (nSPS) is 19.1. The van der Waals surface area contributed by atoms with Gasteiger partial charge in [-0.2, -0.15) is 0 Å². The topological polar surface area (TPSA) is 82.7 Å². The maximum Gasteiger partial charge on any atom is 0.337 e. The summed E-state index contributed by atoms with van der Waals surface area (Å²) in [5.74, 6) is -0.631. The number of nitrogens with zero attached hydrogens (tertiary/aromatic N) is 2. The van der Waals surface area contributed by atoms with Crippen LogP contribution in [0.4, 0.5) is 0 Å². The number of nitrogens with one attached hydrogen (secondary N) is 1. The van der Waals surface area contributed by atoms with Crippen LogP contribution in [-0.4, -0.2) is 52.3 Å². The van der Waals surface area contributed by atoms with Crippen LogP contribution in [0, 0.1) is 0 Å². The van der Waals surface area contributed by atoms with Crippen LogP contribution in [0.5, 0.6) is 0 Å². The predicted molar refractivity (Wildman–Crippen MR) is 139 cm³/mol. The number of methoxy groups -OCH3 is 1. The number of esters is 1. The van der Waals surface area contributed by atoms with E-state index in [9.17, 15) is 14.4 Å². The standard InChI is InChI=1S/C29H24ClN3O4/c1-37-29(36)19-10-8-18(9-11-19)27-26-22(21-4-2-3-5-23(21)31-26)14-24-28(35)32(16-25(34)33(24)27)15-17-6-12-20(30)13-7-17/h2-13,24,27,31H,14-16H2,1H3/t24-,27-/m0/s1. The molecule has 2 aliphatic heterocycles. The van der Waals surface area contributed by atoms with Gasteiger partial charge in [-0.1, -0.05) is 54.1 Å². The maximum absolute atomic E-state index is 13.8. The Morgan fingerprint density at radius 2 is 1.76 bits per heavy atom. The first-order valence-corrected chi connectivity index (χ1v) is 12.4. The number of H-pyrrole nitrogens is 1. The van der Waals surface area contributed by atoms with E-state index in [1.54, 1.807) is 34.1 Å². The van der Waals surface area contributed by atoms with Crippen LogP contribution in [0.1, 0.15) is 38.8 Å². The monoisotopic (exact) mass is 513 g/mol. The van der Waals surface area contributed by atoms with Crippen molar-refractivity contribution in [3.8, 4) is 0 Å². The van der Waals surface area contributed by atoms with Gasteiger partial charge in [0.2, 0.25) is 11.8 Å². The minimum absolute atomic E-state index is 0.00966. The maximum atomic E-state index is 13.8. The minimum atomic E-state index is -0.634. The molecule has 1 saturated heterocycles. The Kier molecular flexibility index (Phi) is 5.72. The zero-order chi connectivity index (χ0) is 25.7. The first-order valence-electron chi connectivity index (χ1n) is 12.1. The van der Waals surface area contributed by atoms with E-state index in [1.165, 1.54) is 7.11 Å². The molecule has 1 fully saturated rings. The summed E-state index contributed by atoms with van der Waals surface area (Å²) in [6, 6.07) is 21.2. The SMILES string of the molecule is COC(=O)c1ccc([C@H]2c3[nH]c4ccccc4c3C[C@H]3C(=O)N(Cc4ccc(Cl)cc4)CC(=O)N23)cc1. The number of benzene rings is 3. The second-order valence-electron chi connectivity index (χ2n) is 9.42. The number of hydrogen-bond acceptors (Lipinski definition) is 4. The Morgan fingerprint density at radius 1 is 1.03 bits per heavy atom. The van der Waals surface area contributed by atoms with Crippen LogP contribution >= 0.6 is 11.6 Å². The van der Waals surface area contributed by atoms with E-state index < -0.39 is 18.1 Å². The first-order chi connectivity index (χ1) is 17.9. The van der Waals surface area contributed by atoms with Gasteiger partial charge in [0.1, 0.15) is 12.6 Å². The average molecular weight is 514 g/mol. The summed E-state index contributed by atoms with van der Waals surface area (Å²) in [4.78, 5) is 46.4. The van der Waals surface area contributed by atoms with Crippen LogP contribution in [-0.2, 0) is 27.3 Å². The van der Waals surface area contributed by atoms with Gasteiger partial charge < -0.3 is 19.5 Å². The van der Waals surface area contributed by atoms with Crippen molar-refractivity contribution in [2.45, 2.75) is 25.0 Å². The molecule has 2 aliphatic rings. The highest BCUT2D eigenvalue weighted by molar-refractivity contribution is 6.30. The van der Waals surface area contributed by atoms with Crippen molar-refractivity contribution in [2.75, 3.05) is 13.7 Å². The number of rotatable bonds is 4. The molecule has 4 aromatic rings. The van der Waals surface area contributed by atoms with Gasteiger partial charge in [-0.3, -0.25) is 9.59 Å². The van der Waals surface area contributed by atoms with Gasteiger partial charge in [-0.25, -0.2) is 4.79 Å². The molecule has 3 heterocycles. The van der Waals surface area contributed by atoms with E-state index >= 15 is 0 Å². The lowest BCUT2D eigenvalue weighted by atomic mass is 9.86. The zero-order valence-electron chi connectivity index (χ0n) is 20.1. The lowest BCUT2D eigenvalue weighted by molar-refractivity contribution is -0.159. The summed E-state index contributed by atoms with van der Waals surface area (Å²) in [5, 5.41) is 1.67. The van der Waals surface area contributed by atoms with E-state index in [-0.39, 0.29) is 18.4 Å². The van der Waals surface area contributed by atoms with Gasteiger partial charge in [-0.15, -0.1) is 0 Å². The number of fused-ring (bicyclic) bond motifs is 4. The van der Waals surface area contributed by atoms with Crippen LogP contribution in [0.25, 0.3) is 10.9 Å². The molecular weight excluding hydrogens is 490 g/mol. The number of piperazine rings is 1. The Hall–Kier alpha value is -4.10. The number of aromatic nitrogens is 1. The van der Waals surface area contributed by atoms with Crippen LogP contribution < -0.4 is 0 Å². The first kappa shape index (κ1) is 23.3. The molecular formula is C29H24ClN3O4. The molecule has 186 valence electrons. The van der Waals surface area contributed by atoms with Crippen LogP contribution in [0.3, 0.4) is 0 Å². The fourth-order valence-corrected chi connectivity index (χ4v) is 5.66. The molecule has 0 radical (unpaired) electrons. The van der Waals surface area contributed by atoms with E-state index in [4.69, 9.17) is 16.3 Å². The second-order valence-corrected chi connectivity index (χ2v) is 9.86. The summed E-state index contributed by atoms with van der Waals surface area (Å²) in [5.41, 5.74) is 5.05. The van der Waals surface area contributed by atoms with Crippen molar-refractivity contribution in [1.82, 2.24) is 14.8 Å². The quantitative estimate of drug-likeness (QED) is 0.407. The van der Waals surface area contributed by atoms with E-state index in [1.807, 2.05) is 48.5 Å². The van der Waals surface area contributed by atoms with Gasteiger partial charge in [0, 0.05) is 34.6 Å². The van der Waals surface area contributed by atoms with Crippen molar-refractivity contribution < 1.29 is 19.1 Å². The highest BCUT2D eigenvalue weighted by Crippen LogP contribution is 2.42. The summed E-state index contributed by atoms with van der Waals surface area (Å²) >= 11 is 6.02. The number of carbonyl (C=O) groups is 3. The van der Waals surface area contributed by atoms with Crippen molar-refractivity contribution in [1.29, 1.82) is 0 Å². The molecule has 0 unspecified atom stereocenters. The molecule has 3 aromatic carbocycles. The molecule has 1 N–H and O–H groups in total. The lowest BCUT2D eigenvalue weighted by Crippen LogP contribution is -2.62. The lowest BCUT2D eigenvalue weighted by Gasteiger charge is -2.47. The molecule has 6 rings (SSSR count). The number of hydrogen-bond donors (Lipinski definition) is 1. The number of ether oxygens (including phenoxy) is 1. The second kappa shape index (κ2) is 9.09. The van der Waals surface area contributed by atoms with Gasteiger partial charge in [0.25, 0.3) is 0 Å². The summed E-state index contributed by atoms with van der Waals surface area (Å²) < 4.78 is 4.83. The molecule has 2 amide bonds. The fraction of sp³-hybridized carbons (Fsp3) is 0.207. The minimum Gasteiger partial charge on any atom is -0.465 e. The Bertz CT molecular complexity index is 1530. The summed E-state index contributed by atoms with van der Waals surface area (Å²) in [6.45, 7) is 0.329. The molecule has 7 nitrogen and oxygen atoms in total. The largest absolute Gasteiger partial charge is 0.465 e. The average Bonchev–Trinajstić information content (AvgIpc) is 3.29. The number of amides is 2. The van der Waals surface area contributed by atoms with Gasteiger partial charge in [0.15, 0.2) is 0 Å². The molecule has 1 aromatic heterocycles. The van der Waals surface area contributed by atoms with Crippen molar-refractivity contribution >= 4 is 40.3 Å². The highest BCUT2D eigenvalue weighted by atomic mass is 35.5. The third-order valence-corrected chi connectivity index (χ3v) is 7.53. The van der Waals surface area contributed by atoms with E-state index in [2.05, 4.69) is 4.98 Å². The molecule has 0 bridgehead atoms. The van der Waals surface area contributed by atoms with Crippen molar-refractivity contribution in [3.63, 3.8) is 0 Å². The molecule has 2 atom stereocenters. The molecule has 0 aliphatic carbocycles. The Labute approximate surface area is 218 Å². The summed E-state index contributed by atoms with van der Waals surface area (Å²) in [7, 11) is 1.34. The van der Waals surface area contributed by atoms with E-state index in [0.29, 0.717) is 23.6 Å². The molecule has 0 spiro atoms. The summed E-state index contributed by atoms with van der Waals surface area (Å²) in [6.07, 6.45) is 0.428.